The molecule has 2 aliphatic heterocycles. The molecule has 8 nitrogen and oxygen atoms in total. The fraction of sp³-hybridized carbons (Fsp3) is 0.304. The van der Waals surface area contributed by atoms with Crippen molar-refractivity contribution in [3.8, 4) is 5.75 Å². The van der Waals surface area contributed by atoms with E-state index < -0.39 is 52.4 Å². The minimum atomic E-state index is -1.08. The van der Waals surface area contributed by atoms with Crippen molar-refractivity contribution in [1.82, 2.24) is 4.90 Å². The number of para-hydroxylation sites is 2. The third-order valence-corrected chi connectivity index (χ3v) is 7.06. The number of rotatable bonds is 6. The average molecular weight is 479 g/mol. The molecule has 10 heteroatoms. The topological polar surface area (TPSA) is 104 Å². The van der Waals surface area contributed by atoms with E-state index in [9.17, 15) is 24.3 Å². The Hall–Kier alpha value is -2.33. The van der Waals surface area contributed by atoms with Crippen LogP contribution >= 0.6 is 11.8 Å². The first-order valence-electron chi connectivity index (χ1n) is 10.1. The molecule has 2 aromatic rings. The van der Waals surface area contributed by atoms with Gasteiger partial charge in [0.1, 0.15) is 29.6 Å². The number of esters is 1. The van der Waals surface area contributed by atoms with Crippen LogP contribution in [0.5, 0.6) is 5.75 Å². The van der Waals surface area contributed by atoms with Gasteiger partial charge in [0, 0.05) is 10.4 Å². The Labute approximate surface area is 217 Å². The predicted molar refractivity (Wildman–Crippen MR) is 125 cm³/mol. The third-order valence-electron chi connectivity index (χ3n) is 5.50. The zero-order valence-electron chi connectivity index (χ0n) is 17.5. The summed E-state index contributed by atoms with van der Waals surface area (Å²) in [6, 6.07) is 15.1. The molecular weight excluding hydrogens is 455 g/mol. The van der Waals surface area contributed by atoms with Gasteiger partial charge in [-0.25, -0.2) is 4.79 Å². The van der Waals surface area contributed by atoms with Crippen molar-refractivity contribution in [3.05, 3.63) is 60.7 Å². The van der Waals surface area contributed by atoms with Gasteiger partial charge in [0.25, 0.3) is 5.91 Å². The van der Waals surface area contributed by atoms with Crippen LogP contribution in [0.2, 0.25) is 0 Å². The number of hydrogen-bond acceptors (Lipinski definition) is 6. The van der Waals surface area contributed by atoms with Gasteiger partial charge in [-0.3, -0.25) is 19.3 Å². The maximum atomic E-state index is 13.2. The summed E-state index contributed by atoms with van der Waals surface area (Å²) in [5.41, 5.74) is 0.459. The Morgan fingerprint density at radius 1 is 1.06 bits per heavy atom. The number of amides is 2. The SMILES string of the molecule is CC1(C)S[C@@H]2C(N(C(=O)CC(=O)Oc3ccccc3)c3ccccc3)C(=O)N2C1C(=O)O.[NaH]. The van der Waals surface area contributed by atoms with E-state index in [1.54, 1.807) is 74.5 Å². The molecule has 33 heavy (non-hydrogen) atoms. The van der Waals surface area contributed by atoms with E-state index in [0.717, 1.165) is 0 Å². The molecule has 0 aliphatic carbocycles. The number of aliphatic carboxylic acids is 1. The molecule has 0 spiro atoms. The molecule has 168 valence electrons. The molecule has 2 unspecified atom stereocenters. The van der Waals surface area contributed by atoms with Crippen LogP contribution in [0, 0.1) is 0 Å². The van der Waals surface area contributed by atoms with Crippen molar-refractivity contribution >= 4 is 70.8 Å². The zero-order valence-corrected chi connectivity index (χ0v) is 18.3. The number of hydrogen-bond donors (Lipinski definition) is 1. The molecule has 0 bridgehead atoms. The Balaban J connectivity index is 0.00000306. The number of nitrogens with zero attached hydrogens (tertiary/aromatic N) is 2. The van der Waals surface area contributed by atoms with Crippen LogP contribution in [0.3, 0.4) is 0 Å². The van der Waals surface area contributed by atoms with E-state index in [-0.39, 0.29) is 29.6 Å². The number of carboxylic acid groups (broad SMARTS) is 1. The fourth-order valence-corrected chi connectivity index (χ4v) is 5.82. The van der Waals surface area contributed by atoms with E-state index in [0.29, 0.717) is 11.4 Å². The van der Waals surface area contributed by atoms with Crippen LogP contribution in [-0.2, 0) is 19.2 Å². The summed E-state index contributed by atoms with van der Waals surface area (Å²) in [6.45, 7) is 3.54. The minimum absolute atomic E-state index is 0. The second-order valence-electron chi connectivity index (χ2n) is 8.11. The summed E-state index contributed by atoms with van der Waals surface area (Å²) in [7, 11) is 0. The number of carbonyl (C=O) groups excluding carboxylic acids is 3. The molecule has 0 aromatic heterocycles. The molecule has 0 saturated carbocycles. The normalized spacial score (nSPS) is 22.4. The standard InChI is InChI=1S/C23H22N2O6S.Na.H/c1-23(2)19(22(29)30)25-20(28)18(21(25)32-23)24(14-9-5-3-6-10-14)16(26)13-17(27)31-15-11-7-4-8-12-15;;/h3-12,18-19,21H,13H2,1-2H3,(H,29,30);;/t18?,19?,21-;;/m1../s1. The molecule has 2 aliphatic rings. The van der Waals surface area contributed by atoms with E-state index >= 15 is 0 Å². The van der Waals surface area contributed by atoms with Gasteiger partial charge in [-0.15, -0.1) is 11.8 Å². The number of ether oxygens (including phenoxy) is 1. The summed E-state index contributed by atoms with van der Waals surface area (Å²) in [5, 5.41) is 9.13. The molecule has 2 aromatic carbocycles. The van der Waals surface area contributed by atoms with Crippen LogP contribution in [0.1, 0.15) is 20.3 Å². The molecular formula is C23H23N2NaO6S. The van der Waals surface area contributed by atoms with Crippen molar-refractivity contribution in [2.24, 2.45) is 0 Å². The number of thioether (sulfide) groups is 1. The van der Waals surface area contributed by atoms with Gasteiger partial charge in [0.2, 0.25) is 5.91 Å². The predicted octanol–water partition coefficient (Wildman–Crippen LogP) is 1.88. The van der Waals surface area contributed by atoms with Gasteiger partial charge >= 0.3 is 41.5 Å². The van der Waals surface area contributed by atoms with Gasteiger partial charge in [-0.05, 0) is 38.1 Å². The first-order valence-corrected chi connectivity index (χ1v) is 10.9. The average Bonchev–Trinajstić information content (AvgIpc) is 3.00. The quantitative estimate of drug-likeness (QED) is 0.222. The van der Waals surface area contributed by atoms with Gasteiger partial charge in [-0.2, -0.15) is 0 Å². The van der Waals surface area contributed by atoms with Crippen LogP contribution in [0.25, 0.3) is 0 Å². The summed E-state index contributed by atoms with van der Waals surface area (Å²) < 4.78 is 4.51. The summed E-state index contributed by atoms with van der Waals surface area (Å²) in [5.74, 6) is -2.55. The Bertz CT molecular complexity index is 1070. The van der Waals surface area contributed by atoms with Gasteiger partial charge in [0.15, 0.2) is 0 Å². The number of β-lactam (4-membered cyclic amide) rings is 1. The summed E-state index contributed by atoms with van der Waals surface area (Å²) in [4.78, 5) is 53.1. The molecule has 2 heterocycles. The molecule has 4 rings (SSSR count). The molecule has 0 radical (unpaired) electrons. The van der Waals surface area contributed by atoms with Gasteiger partial charge in [-0.1, -0.05) is 36.4 Å². The number of carboxylic acids is 1. The number of anilines is 1. The monoisotopic (exact) mass is 478 g/mol. The maximum absolute atomic E-state index is 13.2. The third kappa shape index (κ3) is 4.82. The second kappa shape index (κ2) is 9.89. The van der Waals surface area contributed by atoms with Crippen LogP contribution in [0.15, 0.2) is 60.7 Å². The summed E-state index contributed by atoms with van der Waals surface area (Å²) >= 11 is 1.34. The number of fused-ring (bicyclic) bond motifs is 1. The Morgan fingerprint density at radius 3 is 2.21 bits per heavy atom. The Morgan fingerprint density at radius 2 is 1.64 bits per heavy atom. The van der Waals surface area contributed by atoms with Crippen LogP contribution < -0.4 is 9.64 Å². The summed E-state index contributed by atoms with van der Waals surface area (Å²) in [6.07, 6.45) is -0.559. The van der Waals surface area contributed by atoms with Crippen molar-refractivity contribution in [3.63, 3.8) is 0 Å². The van der Waals surface area contributed by atoms with E-state index in [4.69, 9.17) is 4.74 Å². The van der Waals surface area contributed by atoms with Crippen LogP contribution in [0.4, 0.5) is 5.69 Å². The van der Waals surface area contributed by atoms with E-state index in [1.807, 2.05) is 0 Å². The molecule has 3 atom stereocenters. The molecule has 2 fully saturated rings. The Kier molecular flexibility index (Phi) is 7.58. The van der Waals surface area contributed by atoms with Crippen LogP contribution in [-0.4, -0.2) is 85.5 Å². The van der Waals surface area contributed by atoms with Crippen molar-refractivity contribution < 1.29 is 29.0 Å². The fourth-order valence-electron chi connectivity index (χ4n) is 4.14. The van der Waals surface area contributed by atoms with Crippen molar-refractivity contribution in [1.29, 1.82) is 0 Å². The number of benzene rings is 2. The first kappa shape index (κ1) is 25.3. The second-order valence-corrected chi connectivity index (χ2v) is 9.88. The number of carbonyl (C=O) groups is 4. The van der Waals surface area contributed by atoms with Gasteiger partial charge < -0.3 is 14.7 Å². The van der Waals surface area contributed by atoms with Gasteiger partial charge in [0.05, 0.1) is 0 Å². The first-order chi connectivity index (χ1) is 15.2. The van der Waals surface area contributed by atoms with E-state index in [2.05, 4.69) is 0 Å². The van der Waals surface area contributed by atoms with E-state index in [1.165, 1.54) is 21.6 Å². The van der Waals surface area contributed by atoms with Crippen molar-refractivity contribution in [2.75, 3.05) is 4.90 Å². The molecule has 1 N–H and O–H groups in total. The zero-order chi connectivity index (χ0) is 23.0. The molecule has 2 saturated heterocycles. The van der Waals surface area contributed by atoms with Crippen molar-refractivity contribution in [2.45, 2.75) is 42.5 Å². The molecule has 2 amide bonds.